The van der Waals surface area contributed by atoms with Crippen LogP contribution in [-0.4, -0.2) is 38.4 Å². The second-order valence-electron chi connectivity index (χ2n) is 6.47. The maximum atomic E-state index is 11.5. The Hall–Kier alpha value is -1.10. The molecule has 0 bridgehead atoms. The lowest BCUT2D eigenvalue weighted by atomic mass is 10.1. The zero-order chi connectivity index (χ0) is 18.6. The second-order valence-corrected chi connectivity index (χ2v) is 6.47. The molecule has 0 amide bonds. The van der Waals surface area contributed by atoms with E-state index in [0.717, 1.165) is 32.1 Å². The molecule has 0 spiro atoms. The number of ether oxygens (including phenoxy) is 3. The van der Waals surface area contributed by atoms with Crippen molar-refractivity contribution < 1.29 is 23.8 Å². The standard InChI is InChI=1S/C20H38O5/c1-3-5-7-8-9-10-11-12-14-16-25-20(22)18-23-17-19(21)24-15-13-6-4-2/h3-18H2,1-2H3. The van der Waals surface area contributed by atoms with Crippen LogP contribution in [0.1, 0.15) is 90.9 Å². The molecule has 0 radical (unpaired) electrons. The monoisotopic (exact) mass is 358 g/mol. The minimum absolute atomic E-state index is 0.193. The Morgan fingerprint density at radius 2 is 0.920 bits per heavy atom. The van der Waals surface area contributed by atoms with Gasteiger partial charge in [-0.05, 0) is 12.8 Å². The molecule has 0 aliphatic rings. The molecule has 25 heavy (non-hydrogen) atoms. The van der Waals surface area contributed by atoms with E-state index in [1.165, 1.54) is 44.9 Å². The van der Waals surface area contributed by atoms with E-state index in [-0.39, 0.29) is 13.2 Å². The first kappa shape index (κ1) is 23.9. The first-order valence-corrected chi connectivity index (χ1v) is 10.1. The summed E-state index contributed by atoms with van der Waals surface area (Å²) >= 11 is 0. The number of hydrogen-bond acceptors (Lipinski definition) is 5. The van der Waals surface area contributed by atoms with Crippen molar-refractivity contribution in [2.24, 2.45) is 0 Å². The van der Waals surface area contributed by atoms with Crippen molar-refractivity contribution in [3.05, 3.63) is 0 Å². The highest BCUT2D eigenvalue weighted by molar-refractivity contribution is 5.73. The third-order valence-electron chi connectivity index (χ3n) is 3.96. The molecule has 0 aromatic heterocycles. The van der Waals surface area contributed by atoms with Gasteiger partial charge in [0.1, 0.15) is 13.2 Å². The van der Waals surface area contributed by atoms with Crippen molar-refractivity contribution in [2.45, 2.75) is 90.9 Å². The fourth-order valence-electron chi connectivity index (χ4n) is 2.44. The zero-order valence-corrected chi connectivity index (χ0v) is 16.4. The molecule has 0 saturated carbocycles. The molecule has 5 nitrogen and oxygen atoms in total. The molecule has 0 aromatic carbocycles. The van der Waals surface area contributed by atoms with E-state index in [1.54, 1.807) is 0 Å². The fourth-order valence-corrected chi connectivity index (χ4v) is 2.44. The molecule has 0 fully saturated rings. The van der Waals surface area contributed by atoms with Gasteiger partial charge in [-0.1, -0.05) is 78.1 Å². The summed E-state index contributed by atoms with van der Waals surface area (Å²) in [7, 11) is 0. The van der Waals surface area contributed by atoms with Gasteiger partial charge in [0.2, 0.25) is 0 Å². The summed E-state index contributed by atoms with van der Waals surface area (Å²) in [5, 5.41) is 0. The summed E-state index contributed by atoms with van der Waals surface area (Å²) in [6.45, 7) is 4.77. The Balaban J connectivity index is 3.29. The van der Waals surface area contributed by atoms with Gasteiger partial charge in [-0.2, -0.15) is 0 Å². The second kappa shape index (κ2) is 19.2. The average molecular weight is 359 g/mol. The first-order chi connectivity index (χ1) is 12.2. The summed E-state index contributed by atoms with van der Waals surface area (Å²) in [5.41, 5.74) is 0. The van der Waals surface area contributed by atoms with E-state index in [0.29, 0.717) is 13.2 Å². The van der Waals surface area contributed by atoms with Crippen molar-refractivity contribution in [1.29, 1.82) is 0 Å². The molecule has 0 unspecified atom stereocenters. The van der Waals surface area contributed by atoms with Crippen molar-refractivity contribution in [2.75, 3.05) is 26.4 Å². The lowest BCUT2D eigenvalue weighted by Gasteiger charge is -2.07. The Labute approximate surface area is 153 Å². The molecular formula is C20H38O5. The summed E-state index contributed by atoms with van der Waals surface area (Å²) in [6.07, 6.45) is 14.0. The van der Waals surface area contributed by atoms with Crippen molar-refractivity contribution in [3.8, 4) is 0 Å². The van der Waals surface area contributed by atoms with E-state index in [4.69, 9.17) is 14.2 Å². The Bertz CT molecular complexity index is 317. The summed E-state index contributed by atoms with van der Waals surface area (Å²) in [4.78, 5) is 22.8. The normalized spacial score (nSPS) is 10.6. The van der Waals surface area contributed by atoms with Crippen molar-refractivity contribution in [1.82, 2.24) is 0 Å². The molecule has 0 rings (SSSR count). The van der Waals surface area contributed by atoms with Crippen LogP contribution in [0.5, 0.6) is 0 Å². The van der Waals surface area contributed by atoms with Crippen LogP contribution in [0, 0.1) is 0 Å². The molecule has 5 heteroatoms. The molecule has 148 valence electrons. The van der Waals surface area contributed by atoms with E-state index < -0.39 is 11.9 Å². The van der Waals surface area contributed by atoms with Crippen LogP contribution in [-0.2, 0) is 23.8 Å². The Morgan fingerprint density at radius 1 is 0.560 bits per heavy atom. The lowest BCUT2D eigenvalue weighted by Crippen LogP contribution is -2.19. The third kappa shape index (κ3) is 19.1. The highest BCUT2D eigenvalue weighted by Crippen LogP contribution is 2.09. The van der Waals surface area contributed by atoms with Gasteiger partial charge in [-0.15, -0.1) is 0 Å². The number of hydrogen-bond donors (Lipinski definition) is 0. The smallest absolute Gasteiger partial charge is 0.332 e. The molecule has 0 heterocycles. The minimum Gasteiger partial charge on any atom is -0.464 e. The number of carbonyl (C=O) groups excluding carboxylic acids is 2. The van der Waals surface area contributed by atoms with Gasteiger partial charge >= 0.3 is 11.9 Å². The quantitative estimate of drug-likeness (QED) is 0.260. The molecule has 0 saturated heterocycles. The Morgan fingerprint density at radius 3 is 1.40 bits per heavy atom. The first-order valence-electron chi connectivity index (χ1n) is 10.1. The third-order valence-corrected chi connectivity index (χ3v) is 3.96. The predicted octanol–water partition coefficient (Wildman–Crippen LogP) is 4.81. The van der Waals surface area contributed by atoms with Gasteiger partial charge in [-0.25, -0.2) is 9.59 Å². The van der Waals surface area contributed by atoms with E-state index >= 15 is 0 Å². The van der Waals surface area contributed by atoms with Gasteiger partial charge in [0.15, 0.2) is 0 Å². The summed E-state index contributed by atoms with van der Waals surface area (Å²) < 4.78 is 15.1. The molecule has 0 N–H and O–H groups in total. The van der Waals surface area contributed by atoms with E-state index in [2.05, 4.69) is 13.8 Å². The van der Waals surface area contributed by atoms with Crippen LogP contribution >= 0.6 is 0 Å². The SMILES string of the molecule is CCCCCCCCCCCOC(=O)COCC(=O)OCCCCC. The van der Waals surface area contributed by atoms with E-state index in [9.17, 15) is 9.59 Å². The van der Waals surface area contributed by atoms with Crippen molar-refractivity contribution >= 4 is 11.9 Å². The number of unbranched alkanes of at least 4 members (excludes halogenated alkanes) is 10. The summed E-state index contributed by atoms with van der Waals surface area (Å²) in [6, 6.07) is 0. The van der Waals surface area contributed by atoms with Gasteiger partial charge in [0, 0.05) is 0 Å². The maximum absolute atomic E-state index is 11.5. The lowest BCUT2D eigenvalue weighted by molar-refractivity contribution is -0.155. The molecule has 0 aliphatic carbocycles. The summed E-state index contributed by atoms with van der Waals surface area (Å²) in [5.74, 6) is -0.846. The van der Waals surface area contributed by atoms with Crippen LogP contribution in [0.15, 0.2) is 0 Å². The Kier molecular flexibility index (Phi) is 18.4. The fraction of sp³-hybridized carbons (Fsp3) is 0.900. The molecular weight excluding hydrogens is 320 g/mol. The van der Waals surface area contributed by atoms with Crippen molar-refractivity contribution in [3.63, 3.8) is 0 Å². The van der Waals surface area contributed by atoms with Crippen LogP contribution in [0.4, 0.5) is 0 Å². The topological polar surface area (TPSA) is 61.8 Å². The predicted molar refractivity (Wildman–Crippen MR) is 99.5 cm³/mol. The number of rotatable bonds is 18. The molecule has 0 atom stereocenters. The minimum atomic E-state index is -0.428. The highest BCUT2D eigenvalue weighted by atomic mass is 16.6. The zero-order valence-electron chi connectivity index (χ0n) is 16.4. The van der Waals surface area contributed by atoms with E-state index in [1.807, 2.05) is 0 Å². The number of carbonyl (C=O) groups is 2. The van der Waals surface area contributed by atoms with Crippen LogP contribution in [0.3, 0.4) is 0 Å². The maximum Gasteiger partial charge on any atom is 0.332 e. The molecule has 0 aromatic rings. The van der Waals surface area contributed by atoms with Crippen LogP contribution < -0.4 is 0 Å². The molecule has 0 aliphatic heterocycles. The van der Waals surface area contributed by atoms with Gasteiger partial charge < -0.3 is 14.2 Å². The van der Waals surface area contributed by atoms with Gasteiger partial charge in [0.05, 0.1) is 13.2 Å². The van der Waals surface area contributed by atoms with Gasteiger partial charge in [0.25, 0.3) is 0 Å². The van der Waals surface area contributed by atoms with Crippen LogP contribution in [0.25, 0.3) is 0 Å². The average Bonchev–Trinajstić information content (AvgIpc) is 2.60. The largest absolute Gasteiger partial charge is 0.464 e. The van der Waals surface area contributed by atoms with Crippen LogP contribution in [0.2, 0.25) is 0 Å². The highest BCUT2D eigenvalue weighted by Gasteiger charge is 2.07. The van der Waals surface area contributed by atoms with Gasteiger partial charge in [-0.3, -0.25) is 0 Å². The number of esters is 2.